The summed E-state index contributed by atoms with van der Waals surface area (Å²) in [6.45, 7) is 4.70. The van der Waals surface area contributed by atoms with Crippen LogP contribution >= 0.6 is 0 Å². The summed E-state index contributed by atoms with van der Waals surface area (Å²) in [5, 5.41) is 0.667. The molecule has 1 fully saturated rings. The third-order valence-electron chi connectivity index (χ3n) is 2.77. The highest BCUT2D eigenvalue weighted by molar-refractivity contribution is 6.15. The summed E-state index contributed by atoms with van der Waals surface area (Å²) in [5.74, 6) is 1.06. The lowest BCUT2D eigenvalue weighted by atomic mass is 9.69. The van der Waals surface area contributed by atoms with E-state index in [0.717, 1.165) is 5.92 Å². The molecule has 0 bridgehead atoms. The van der Waals surface area contributed by atoms with Crippen molar-refractivity contribution in [3.8, 4) is 0 Å². The van der Waals surface area contributed by atoms with Gasteiger partial charge in [0.05, 0.1) is 0 Å². The molecule has 0 spiro atoms. The van der Waals surface area contributed by atoms with E-state index >= 15 is 0 Å². The van der Waals surface area contributed by atoms with Crippen molar-refractivity contribution in [2.75, 3.05) is 0 Å². The summed E-state index contributed by atoms with van der Waals surface area (Å²) in [5.41, 5.74) is 0. The second-order valence-corrected chi connectivity index (χ2v) is 4.56. The van der Waals surface area contributed by atoms with E-state index < -0.39 is 0 Å². The normalized spacial score (nSPS) is 40.4. The second kappa shape index (κ2) is 2.98. The summed E-state index contributed by atoms with van der Waals surface area (Å²) in [6, 6.07) is 0. The van der Waals surface area contributed by atoms with Gasteiger partial charge in [0.1, 0.15) is 7.85 Å². The van der Waals surface area contributed by atoms with Gasteiger partial charge in [-0.15, -0.1) is 0 Å². The first-order valence-electron chi connectivity index (χ1n) is 4.64. The van der Waals surface area contributed by atoms with E-state index in [1.807, 2.05) is 0 Å². The van der Waals surface area contributed by atoms with Crippen LogP contribution in [0.2, 0.25) is 5.31 Å². The zero-order chi connectivity index (χ0) is 7.61. The molecule has 1 rings (SSSR count). The highest BCUT2D eigenvalue weighted by Gasteiger charge is 2.29. The second-order valence-electron chi connectivity index (χ2n) is 4.56. The van der Waals surface area contributed by atoms with Gasteiger partial charge < -0.3 is 0 Å². The van der Waals surface area contributed by atoms with Crippen LogP contribution in [0.15, 0.2) is 0 Å². The maximum atomic E-state index is 2.41. The molecule has 0 saturated heterocycles. The fourth-order valence-electron chi connectivity index (χ4n) is 2.24. The Kier molecular flexibility index (Phi) is 2.43. The largest absolute Gasteiger partial charge is 0.109 e. The molecule has 58 valence electrons. The van der Waals surface area contributed by atoms with Crippen molar-refractivity contribution in [1.82, 2.24) is 0 Å². The van der Waals surface area contributed by atoms with E-state index in [9.17, 15) is 0 Å². The van der Waals surface area contributed by atoms with Crippen LogP contribution in [0.5, 0.6) is 0 Å². The lowest BCUT2D eigenvalue weighted by molar-refractivity contribution is 0.480. The zero-order valence-electron chi connectivity index (χ0n) is 7.61. The lowest BCUT2D eigenvalue weighted by Gasteiger charge is -2.16. The first-order chi connectivity index (χ1) is 4.64. The van der Waals surface area contributed by atoms with Crippen molar-refractivity contribution in [3.63, 3.8) is 0 Å². The molecule has 0 aliphatic heterocycles. The van der Waals surface area contributed by atoms with Crippen LogP contribution < -0.4 is 0 Å². The van der Waals surface area contributed by atoms with Crippen LogP contribution in [0.1, 0.15) is 46.0 Å². The van der Waals surface area contributed by atoms with Crippen LogP contribution in [-0.4, -0.2) is 7.85 Å². The van der Waals surface area contributed by atoms with Crippen LogP contribution in [0.3, 0.4) is 0 Å². The van der Waals surface area contributed by atoms with Gasteiger partial charge in [-0.3, -0.25) is 0 Å². The fourth-order valence-corrected chi connectivity index (χ4v) is 2.24. The minimum atomic E-state index is 0.667. The average Bonchev–Trinajstić information content (AvgIpc) is 2.12. The Morgan fingerprint density at radius 1 is 1.60 bits per heavy atom. The molecule has 10 heavy (non-hydrogen) atoms. The molecule has 1 aliphatic carbocycles. The van der Waals surface area contributed by atoms with Gasteiger partial charge in [0.15, 0.2) is 0 Å². The van der Waals surface area contributed by atoms with Crippen molar-refractivity contribution < 1.29 is 0 Å². The van der Waals surface area contributed by atoms with Gasteiger partial charge in [-0.05, 0) is 5.92 Å². The summed E-state index contributed by atoms with van der Waals surface area (Å²) >= 11 is 0. The topological polar surface area (TPSA) is 0 Å². The third kappa shape index (κ3) is 2.03. The zero-order valence-corrected chi connectivity index (χ0v) is 7.61. The first-order valence-corrected chi connectivity index (χ1v) is 4.64. The maximum Gasteiger partial charge on any atom is 0.109 e. The predicted molar refractivity (Wildman–Crippen MR) is 49.2 cm³/mol. The van der Waals surface area contributed by atoms with E-state index in [1.54, 1.807) is 0 Å². The quantitative estimate of drug-likeness (QED) is 0.514. The highest BCUT2D eigenvalue weighted by atomic mass is 14.3. The van der Waals surface area contributed by atoms with Crippen LogP contribution in [0, 0.1) is 5.92 Å². The molecule has 0 radical (unpaired) electrons. The van der Waals surface area contributed by atoms with Crippen molar-refractivity contribution in [2.45, 2.75) is 51.3 Å². The number of hydrogen-bond donors (Lipinski definition) is 0. The van der Waals surface area contributed by atoms with Gasteiger partial charge >= 0.3 is 0 Å². The van der Waals surface area contributed by atoms with Crippen molar-refractivity contribution >= 4 is 7.85 Å². The van der Waals surface area contributed by atoms with E-state index in [1.165, 1.54) is 32.1 Å². The van der Waals surface area contributed by atoms with Crippen molar-refractivity contribution in [3.05, 3.63) is 0 Å². The van der Waals surface area contributed by atoms with Gasteiger partial charge in [0.25, 0.3) is 0 Å². The monoisotopic (exact) mass is 138 g/mol. The molecule has 0 nitrogen and oxygen atoms in total. The third-order valence-corrected chi connectivity index (χ3v) is 2.77. The van der Waals surface area contributed by atoms with Crippen molar-refractivity contribution in [1.29, 1.82) is 0 Å². The molecule has 0 heterocycles. The first kappa shape index (κ1) is 8.16. The summed E-state index contributed by atoms with van der Waals surface area (Å²) in [6.07, 6.45) is 7.25. The molecule has 0 amide bonds. The Morgan fingerprint density at radius 3 is 2.70 bits per heavy atom. The minimum Gasteiger partial charge on any atom is -0.0669 e. The molecule has 0 aromatic heterocycles. The summed E-state index contributed by atoms with van der Waals surface area (Å²) in [4.78, 5) is 0. The standard InChI is InChI=1S/C9H19B/c1-3-4-8-5-6-9(2,10)7-8/h8H,3-7,10H2,1-2H3/t8?,9-/m1/s1. The average molecular weight is 138 g/mol. The molecule has 0 N–H and O–H groups in total. The van der Waals surface area contributed by atoms with E-state index in [2.05, 4.69) is 21.7 Å². The molecule has 1 unspecified atom stereocenters. The predicted octanol–water partition coefficient (Wildman–Crippen LogP) is 2.40. The Hall–Kier alpha value is 0.0649. The fraction of sp³-hybridized carbons (Fsp3) is 1.00. The Labute approximate surface area is 65.8 Å². The van der Waals surface area contributed by atoms with Gasteiger partial charge in [0, 0.05) is 0 Å². The maximum absolute atomic E-state index is 2.41. The van der Waals surface area contributed by atoms with Crippen molar-refractivity contribution in [2.24, 2.45) is 5.92 Å². The Morgan fingerprint density at radius 2 is 2.30 bits per heavy atom. The molecule has 1 aliphatic rings. The SMILES string of the molecule is B[C@]1(C)CCC(CCC)C1. The molecule has 0 aromatic rings. The molecule has 1 heteroatoms. The molecule has 0 aromatic carbocycles. The van der Waals surface area contributed by atoms with Gasteiger partial charge in [-0.1, -0.05) is 51.3 Å². The van der Waals surface area contributed by atoms with Gasteiger partial charge in [-0.2, -0.15) is 0 Å². The highest BCUT2D eigenvalue weighted by Crippen LogP contribution is 2.46. The Bertz CT molecular complexity index is 107. The van der Waals surface area contributed by atoms with Crippen LogP contribution in [0.25, 0.3) is 0 Å². The van der Waals surface area contributed by atoms with E-state index in [0.29, 0.717) is 5.31 Å². The Balaban J connectivity index is 2.29. The lowest BCUT2D eigenvalue weighted by Crippen LogP contribution is -2.02. The smallest absolute Gasteiger partial charge is 0.0669 e. The number of rotatable bonds is 2. The van der Waals surface area contributed by atoms with Crippen LogP contribution in [0.4, 0.5) is 0 Å². The minimum absolute atomic E-state index is 0.667. The number of hydrogen-bond acceptors (Lipinski definition) is 0. The summed E-state index contributed by atoms with van der Waals surface area (Å²) in [7, 11) is 2.41. The summed E-state index contributed by atoms with van der Waals surface area (Å²) < 4.78 is 0. The molecular weight excluding hydrogens is 119 g/mol. The molecule has 2 atom stereocenters. The molecular formula is C9H19B. The van der Waals surface area contributed by atoms with Crippen LogP contribution in [-0.2, 0) is 0 Å². The van der Waals surface area contributed by atoms with Gasteiger partial charge in [-0.25, -0.2) is 0 Å². The van der Waals surface area contributed by atoms with E-state index in [4.69, 9.17) is 0 Å². The van der Waals surface area contributed by atoms with Gasteiger partial charge in [0.2, 0.25) is 0 Å². The molecule has 1 saturated carbocycles. The van der Waals surface area contributed by atoms with E-state index in [-0.39, 0.29) is 0 Å².